The molecule has 0 spiro atoms. The van der Waals surface area contributed by atoms with Crippen LogP contribution < -0.4 is 0 Å². The van der Waals surface area contributed by atoms with Gasteiger partial charge in [0.05, 0.1) is 0 Å². The molecular formula is C23H30N2O3. The van der Waals surface area contributed by atoms with Crippen LogP contribution in [-0.4, -0.2) is 66.2 Å². The number of ether oxygens (including phenoxy) is 1. The van der Waals surface area contributed by atoms with Crippen LogP contribution in [0.5, 0.6) is 0 Å². The van der Waals surface area contributed by atoms with Crippen molar-refractivity contribution in [1.29, 1.82) is 0 Å². The Bertz CT molecular complexity index is 701. The minimum Gasteiger partial charge on any atom is -0.462 e. The van der Waals surface area contributed by atoms with Crippen molar-refractivity contribution in [3.63, 3.8) is 0 Å². The molecule has 0 unspecified atom stereocenters. The van der Waals surface area contributed by atoms with Gasteiger partial charge in [-0.05, 0) is 25.0 Å². The van der Waals surface area contributed by atoms with Gasteiger partial charge in [-0.1, -0.05) is 60.7 Å². The fraction of sp³-hybridized carbons (Fsp3) is 0.435. The van der Waals surface area contributed by atoms with E-state index < -0.39 is 11.6 Å². The highest BCUT2D eigenvalue weighted by Crippen LogP contribution is 2.31. The zero-order valence-corrected chi connectivity index (χ0v) is 16.8. The molecule has 28 heavy (non-hydrogen) atoms. The van der Waals surface area contributed by atoms with E-state index >= 15 is 0 Å². The molecule has 1 saturated heterocycles. The number of carbonyl (C=O) groups excluding carboxylic acids is 1. The Balaban J connectivity index is 1.63. The summed E-state index contributed by atoms with van der Waals surface area (Å²) >= 11 is 0. The van der Waals surface area contributed by atoms with Crippen LogP contribution in [-0.2, 0) is 15.1 Å². The smallest absolute Gasteiger partial charge is 0.347 e. The first-order valence-electron chi connectivity index (χ1n) is 9.99. The number of hydrogen-bond donors (Lipinski definition) is 1. The summed E-state index contributed by atoms with van der Waals surface area (Å²) in [6.45, 7) is 9.37. The van der Waals surface area contributed by atoms with E-state index in [0.717, 1.165) is 26.2 Å². The van der Waals surface area contributed by atoms with E-state index in [0.29, 0.717) is 23.7 Å². The number of benzene rings is 2. The molecule has 0 aliphatic carbocycles. The third-order valence-corrected chi connectivity index (χ3v) is 5.46. The molecule has 5 heteroatoms. The van der Waals surface area contributed by atoms with Crippen molar-refractivity contribution in [2.75, 3.05) is 39.3 Å². The van der Waals surface area contributed by atoms with Gasteiger partial charge >= 0.3 is 5.97 Å². The lowest BCUT2D eigenvalue weighted by Gasteiger charge is -2.36. The molecule has 0 amide bonds. The second-order valence-corrected chi connectivity index (χ2v) is 7.55. The molecule has 0 radical (unpaired) electrons. The highest BCUT2D eigenvalue weighted by molar-refractivity contribution is 5.85. The average molecular weight is 383 g/mol. The van der Waals surface area contributed by atoms with Crippen molar-refractivity contribution in [2.24, 2.45) is 0 Å². The van der Waals surface area contributed by atoms with E-state index in [1.165, 1.54) is 0 Å². The first-order valence-corrected chi connectivity index (χ1v) is 9.99. The quantitative estimate of drug-likeness (QED) is 0.746. The molecule has 1 aliphatic rings. The number of nitrogens with zero attached hydrogens (tertiary/aromatic N) is 2. The predicted octanol–water partition coefficient (Wildman–Crippen LogP) is 2.49. The summed E-state index contributed by atoms with van der Waals surface area (Å²) in [7, 11) is 0. The van der Waals surface area contributed by atoms with Crippen molar-refractivity contribution in [3.8, 4) is 0 Å². The zero-order chi connectivity index (χ0) is 20.0. The number of esters is 1. The highest BCUT2D eigenvalue weighted by Gasteiger charge is 2.41. The van der Waals surface area contributed by atoms with Crippen LogP contribution in [0.15, 0.2) is 60.7 Å². The summed E-state index contributed by atoms with van der Waals surface area (Å²) in [5, 5.41) is 11.4. The van der Waals surface area contributed by atoms with Crippen molar-refractivity contribution < 1.29 is 14.6 Å². The summed E-state index contributed by atoms with van der Waals surface area (Å²) < 4.78 is 5.55. The van der Waals surface area contributed by atoms with Crippen LogP contribution >= 0.6 is 0 Å². The minimum absolute atomic E-state index is 0.266. The normalized spacial score (nSPS) is 16.3. The average Bonchev–Trinajstić information content (AvgIpc) is 2.74. The molecule has 5 nitrogen and oxygen atoms in total. The van der Waals surface area contributed by atoms with Gasteiger partial charge in [0.1, 0.15) is 6.61 Å². The van der Waals surface area contributed by atoms with Gasteiger partial charge in [0, 0.05) is 38.8 Å². The second-order valence-electron chi connectivity index (χ2n) is 7.55. The Morgan fingerprint density at radius 2 is 1.46 bits per heavy atom. The molecule has 0 bridgehead atoms. The third kappa shape index (κ3) is 4.61. The molecule has 2 aromatic rings. The lowest BCUT2D eigenvalue weighted by molar-refractivity contribution is -0.162. The SMILES string of the molecule is CC(C)N1CCN(CCOC(=O)C(O)(c2ccccc2)c2ccccc2)CC1. The molecule has 0 aromatic heterocycles. The Kier molecular flexibility index (Phi) is 6.83. The van der Waals surface area contributed by atoms with Crippen LogP contribution in [0.3, 0.4) is 0 Å². The Morgan fingerprint density at radius 1 is 0.964 bits per heavy atom. The van der Waals surface area contributed by atoms with E-state index in [2.05, 4.69) is 23.6 Å². The van der Waals surface area contributed by atoms with Gasteiger partial charge in [0.25, 0.3) is 0 Å². The number of piperazine rings is 1. The van der Waals surface area contributed by atoms with Gasteiger partial charge in [0.2, 0.25) is 5.60 Å². The molecule has 0 atom stereocenters. The number of rotatable bonds is 7. The highest BCUT2D eigenvalue weighted by atomic mass is 16.5. The van der Waals surface area contributed by atoms with E-state index in [4.69, 9.17) is 4.74 Å². The standard InChI is InChI=1S/C23H30N2O3/c1-19(2)25-15-13-24(14-16-25)17-18-28-22(26)23(27,20-9-5-3-6-10-20)21-11-7-4-8-12-21/h3-12,19,27H,13-18H2,1-2H3. The number of hydrogen-bond acceptors (Lipinski definition) is 5. The van der Waals surface area contributed by atoms with Gasteiger partial charge in [-0.3, -0.25) is 9.80 Å². The van der Waals surface area contributed by atoms with E-state index in [9.17, 15) is 9.90 Å². The van der Waals surface area contributed by atoms with E-state index in [-0.39, 0.29) is 6.61 Å². The van der Waals surface area contributed by atoms with Crippen LogP contribution in [0.2, 0.25) is 0 Å². The van der Waals surface area contributed by atoms with Crippen molar-refractivity contribution in [3.05, 3.63) is 71.8 Å². The third-order valence-electron chi connectivity index (χ3n) is 5.46. The zero-order valence-electron chi connectivity index (χ0n) is 16.8. The maximum atomic E-state index is 12.9. The Hall–Kier alpha value is -2.21. The largest absolute Gasteiger partial charge is 0.462 e. The van der Waals surface area contributed by atoms with Gasteiger partial charge in [-0.25, -0.2) is 4.79 Å². The topological polar surface area (TPSA) is 53.0 Å². The van der Waals surface area contributed by atoms with Crippen molar-refractivity contribution >= 4 is 5.97 Å². The van der Waals surface area contributed by atoms with Crippen molar-refractivity contribution in [1.82, 2.24) is 9.80 Å². The molecular weight excluding hydrogens is 352 g/mol. The van der Waals surface area contributed by atoms with Gasteiger partial charge in [-0.2, -0.15) is 0 Å². The minimum atomic E-state index is -1.81. The Morgan fingerprint density at radius 3 is 1.93 bits per heavy atom. The summed E-state index contributed by atoms with van der Waals surface area (Å²) in [5.74, 6) is -0.634. The lowest BCUT2D eigenvalue weighted by atomic mass is 9.86. The van der Waals surface area contributed by atoms with E-state index in [1.54, 1.807) is 24.3 Å². The molecule has 1 heterocycles. The first kappa shape index (κ1) is 20.5. The lowest BCUT2D eigenvalue weighted by Crippen LogP contribution is -2.49. The molecule has 1 fully saturated rings. The summed E-state index contributed by atoms with van der Waals surface area (Å²) in [4.78, 5) is 17.7. The Labute approximate surface area is 167 Å². The summed E-state index contributed by atoms with van der Waals surface area (Å²) in [5.41, 5.74) is -0.785. The molecule has 1 aliphatic heterocycles. The predicted molar refractivity (Wildman–Crippen MR) is 110 cm³/mol. The van der Waals surface area contributed by atoms with Crippen LogP contribution in [0.1, 0.15) is 25.0 Å². The van der Waals surface area contributed by atoms with Crippen LogP contribution in [0.4, 0.5) is 0 Å². The van der Waals surface area contributed by atoms with Crippen LogP contribution in [0, 0.1) is 0 Å². The maximum Gasteiger partial charge on any atom is 0.347 e. The number of carbonyl (C=O) groups is 1. The van der Waals surface area contributed by atoms with Crippen molar-refractivity contribution in [2.45, 2.75) is 25.5 Å². The molecule has 0 saturated carbocycles. The summed E-state index contributed by atoms with van der Waals surface area (Å²) in [6.07, 6.45) is 0. The van der Waals surface area contributed by atoms with E-state index in [1.807, 2.05) is 36.4 Å². The van der Waals surface area contributed by atoms with Gasteiger partial charge in [-0.15, -0.1) is 0 Å². The second kappa shape index (κ2) is 9.32. The fourth-order valence-corrected chi connectivity index (χ4v) is 3.64. The maximum absolute atomic E-state index is 12.9. The van der Waals surface area contributed by atoms with Gasteiger partial charge < -0.3 is 9.84 Å². The molecule has 1 N–H and O–H groups in total. The monoisotopic (exact) mass is 382 g/mol. The van der Waals surface area contributed by atoms with Gasteiger partial charge in [0.15, 0.2) is 0 Å². The molecule has 3 rings (SSSR count). The first-order chi connectivity index (χ1) is 13.5. The van der Waals surface area contributed by atoms with Crippen LogP contribution in [0.25, 0.3) is 0 Å². The summed E-state index contributed by atoms with van der Waals surface area (Å²) in [6, 6.07) is 18.5. The molecule has 150 valence electrons. The number of aliphatic hydroxyl groups is 1. The molecule has 2 aromatic carbocycles. The fourth-order valence-electron chi connectivity index (χ4n) is 3.64.